The molecule has 1 fully saturated rings. The zero-order chi connectivity index (χ0) is 18.6. The molecule has 1 aliphatic heterocycles. The van der Waals surface area contributed by atoms with Gasteiger partial charge in [-0.15, -0.1) is 0 Å². The minimum atomic E-state index is -4.58. The number of nitrogens with zero attached hydrogens (tertiary/aromatic N) is 2. The zero-order valence-electron chi connectivity index (χ0n) is 15.5. The van der Waals surface area contributed by atoms with Gasteiger partial charge in [0.05, 0.1) is 0 Å². The van der Waals surface area contributed by atoms with Crippen LogP contribution in [0, 0.1) is 0 Å². The fourth-order valence-corrected chi connectivity index (χ4v) is 5.43. The Balaban J connectivity index is 2.08. The first-order chi connectivity index (χ1) is 11.7. The van der Waals surface area contributed by atoms with Crippen LogP contribution in [-0.4, -0.2) is 68.3 Å². The van der Waals surface area contributed by atoms with Crippen molar-refractivity contribution in [3.05, 3.63) is 23.3 Å². The minimum absolute atomic E-state index is 0.207. The third-order valence-electron chi connectivity index (χ3n) is 5.14. The van der Waals surface area contributed by atoms with E-state index in [2.05, 4.69) is 37.1 Å². The van der Waals surface area contributed by atoms with E-state index in [1.165, 1.54) is 16.0 Å². The maximum atomic E-state index is 13.0. The number of aliphatic hydroxyl groups is 1. The summed E-state index contributed by atoms with van der Waals surface area (Å²) in [6.45, 7) is 8.77. The Bertz CT molecular complexity index is 505. The average molecular weight is 377 g/mol. The van der Waals surface area contributed by atoms with Crippen LogP contribution in [0.25, 0.3) is 0 Å². The van der Waals surface area contributed by atoms with Crippen LogP contribution in [-0.2, 0) is 0 Å². The van der Waals surface area contributed by atoms with Crippen molar-refractivity contribution in [2.24, 2.45) is 0 Å². The van der Waals surface area contributed by atoms with Gasteiger partial charge in [-0.3, -0.25) is 9.80 Å². The highest BCUT2D eigenvalue weighted by atomic mass is 28.3. The summed E-state index contributed by atoms with van der Waals surface area (Å²) in [4.78, 5) is 3.56. The Morgan fingerprint density at radius 2 is 2.04 bits per heavy atom. The van der Waals surface area contributed by atoms with Crippen LogP contribution in [0.3, 0.4) is 0 Å². The lowest BCUT2D eigenvalue weighted by Gasteiger charge is -2.44. The molecule has 0 spiro atoms. The number of halogens is 3. The largest absolute Gasteiger partial charge is 0.428 e. The molecule has 1 heterocycles. The van der Waals surface area contributed by atoms with Gasteiger partial charge in [0.15, 0.2) is 0 Å². The zero-order valence-corrected chi connectivity index (χ0v) is 16.7. The molecule has 144 valence electrons. The van der Waals surface area contributed by atoms with E-state index in [0.29, 0.717) is 13.1 Å². The van der Waals surface area contributed by atoms with Gasteiger partial charge in [-0.2, -0.15) is 13.2 Å². The van der Waals surface area contributed by atoms with Crippen molar-refractivity contribution in [2.45, 2.75) is 63.8 Å². The Labute approximate surface area is 150 Å². The molecule has 3 nitrogen and oxygen atoms in total. The second-order valence-corrected chi connectivity index (χ2v) is 10.9. The number of hydrogen-bond acceptors (Lipinski definition) is 3. The summed E-state index contributed by atoms with van der Waals surface area (Å²) in [5, 5.41) is 9.76. The maximum Gasteiger partial charge on any atom is 0.428 e. The molecule has 1 saturated heterocycles. The van der Waals surface area contributed by atoms with Gasteiger partial charge in [-0.1, -0.05) is 37.7 Å². The number of alkyl halides is 3. The van der Waals surface area contributed by atoms with Crippen molar-refractivity contribution in [1.82, 2.24) is 9.80 Å². The molecule has 0 saturated carbocycles. The molecular formula is C18H31F3N2OSi. The lowest BCUT2D eigenvalue weighted by atomic mass is 9.95. The molecule has 1 aliphatic carbocycles. The molecule has 2 atom stereocenters. The lowest BCUT2D eigenvalue weighted by Crippen LogP contribution is -2.60. The fraction of sp³-hybridized carbons (Fsp3) is 0.778. The van der Waals surface area contributed by atoms with E-state index in [0.717, 1.165) is 31.9 Å². The predicted octanol–water partition coefficient (Wildman–Crippen LogP) is 3.40. The van der Waals surface area contributed by atoms with E-state index in [1.807, 2.05) is 0 Å². The van der Waals surface area contributed by atoms with Gasteiger partial charge < -0.3 is 5.11 Å². The van der Waals surface area contributed by atoms with Crippen LogP contribution in [0.1, 0.15) is 26.2 Å². The van der Waals surface area contributed by atoms with Crippen LogP contribution in [0.2, 0.25) is 19.1 Å². The highest BCUT2D eigenvalue weighted by molar-refractivity contribution is 6.55. The molecule has 2 unspecified atom stereocenters. The summed E-state index contributed by atoms with van der Waals surface area (Å²) < 4.78 is 39.0. The standard InChI is InChI=1S/C18H31F3N2OSi/c1-4-14-7-5-6-8-15(14)11-22-9-10-23(17(24)18(19,20)21)16(12-22)13-25(2)3/h5,7,16-17,24-25H,4,6,8-13H2,1-3H3. The lowest BCUT2D eigenvalue weighted by molar-refractivity contribution is -0.260. The van der Waals surface area contributed by atoms with Gasteiger partial charge in [-0.05, 0) is 30.9 Å². The number of piperazine rings is 1. The molecule has 0 bridgehead atoms. The van der Waals surface area contributed by atoms with E-state index < -0.39 is 21.2 Å². The average Bonchev–Trinajstić information content (AvgIpc) is 2.53. The van der Waals surface area contributed by atoms with Crippen LogP contribution < -0.4 is 0 Å². The quantitative estimate of drug-likeness (QED) is 0.720. The third kappa shape index (κ3) is 5.67. The Hall–Kier alpha value is -0.633. The number of aliphatic hydroxyl groups excluding tert-OH is 1. The molecule has 0 radical (unpaired) electrons. The monoisotopic (exact) mass is 376 g/mol. The van der Waals surface area contributed by atoms with Crippen LogP contribution in [0.4, 0.5) is 13.2 Å². The van der Waals surface area contributed by atoms with E-state index in [1.54, 1.807) is 0 Å². The molecule has 1 N–H and O–H groups in total. The molecule has 2 aliphatic rings. The summed E-state index contributed by atoms with van der Waals surface area (Å²) in [5.74, 6) is 0. The summed E-state index contributed by atoms with van der Waals surface area (Å²) in [5.41, 5.74) is 2.80. The number of hydrogen-bond donors (Lipinski definition) is 1. The van der Waals surface area contributed by atoms with E-state index >= 15 is 0 Å². The SMILES string of the molecule is CCC1=C(CN2CCN(C(O)C(F)(F)F)C(C[SiH](C)C)C2)CCC=C1. The number of allylic oxidation sites excluding steroid dienone is 3. The molecular weight excluding hydrogens is 345 g/mol. The first-order valence-electron chi connectivity index (χ1n) is 9.32. The highest BCUT2D eigenvalue weighted by Gasteiger charge is 2.46. The normalized spacial score (nSPS) is 25.0. The summed E-state index contributed by atoms with van der Waals surface area (Å²) in [6.07, 6.45) is 0.582. The van der Waals surface area contributed by atoms with Crippen molar-refractivity contribution >= 4 is 8.80 Å². The van der Waals surface area contributed by atoms with Crippen LogP contribution >= 0.6 is 0 Å². The third-order valence-corrected chi connectivity index (χ3v) is 6.63. The molecule has 0 aromatic heterocycles. The fourth-order valence-electron chi connectivity index (χ4n) is 3.92. The maximum absolute atomic E-state index is 13.0. The first-order valence-corrected chi connectivity index (χ1v) is 12.4. The summed E-state index contributed by atoms with van der Waals surface area (Å²) in [6, 6.07) is 0.588. The van der Waals surface area contributed by atoms with Gasteiger partial charge in [-0.25, -0.2) is 0 Å². The predicted molar refractivity (Wildman–Crippen MR) is 98.4 cm³/mol. The number of rotatable bonds is 6. The molecule has 0 amide bonds. The van der Waals surface area contributed by atoms with Crippen molar-refractivity contribution in [3.8, 4) is 0 Å². The second-order valence-electron chi connectivity index (χ2n) is 7.59. The van der Waals surface area contributed by atoms with Crippen LogP contribution in [0.5, 0.6) is 0 Å². The first kappa shape index (κ1) is 20.7. The minimum Gasteiger partial charge on any atom is -0.370 e. The molecule has 2 rings (SSSR count). The Kier molecular flexibility index (Phi) is 7.31. The van der Waals surface area contributed by atoms with E-state index in [4.69, 9.17) is 0 Å². The Morgan fingerprint density at radius 3 is 2.64 bits per heavy atom. The van der Waals surface area contributed by atoms with Crippen molar-refractivity contribution in [2.75, 3.05) is 26.2 Å². The molecule has 0 aromatic carbocycles. The van der Waals surface area contributed by atoms with Crippen molar-refractivity contribution in [3.63, 3.8) is 0 Å². The van der Waals surface area contributed by atoms with Gasteiger partial charge in [0.2, 0.25) is 6.23 Å². The molecule has 7 heteroatoms. The van der Waals surface area contributed by atoms with Crippen LogP contribution in [0.15, 0.2) is 23.3 Å². The summed E-state index contributed by atoms with van der Waals surface area (Å²) in [7, 11) is -1.04. The topological polar surface area (TPSA) is 26.7 Å². The summed E-state index contributed by atoms with van der Waals surface area (Å²) >= 11 is 0. The van der Waals surface area contributed by atoms with Gasteiger partial charge in [0.1, 0.15) is 0 Å². The van der Waals surface area contributed by atoms with Gasteiger partial charge >= 0.3 is 6.18 Å². The van der Waals surface area contributed by atoms with Gasteiger partial charge in [0, 0.05) is 41.0 Å². The second kappa shape index (κ2) is 8.84. The van der Waals surface area contributed by atoms with E-state index in [-0.39, 0.29) is 12.6 Å². The van der Waals surface area contributed by atoms with Crippen molar-refractivity contribution in [1.29, 1.82) is 0 Å². The molecule has 25 heavy (non-hydrogen) atoms. The highest BCUT2D eigenvalue weighted by Crippen LogP contribution is 2.29. The molecule has 0 aromatic rings. The smallest absolute Gasteiger partial charge is 0.370 e. The Morgan fingerprint density at radius 1 is 1.32 bits per heavy atom. The van der Waals surface area contributed by atoms with Gasteiger partial charge in [0.25, 0.3) is 0 Å². The van der Waals surface area contributed by atoms with E-state index in [9.17, 15) is 18.3 Å². The van der Waals surface area contributed by atoms with Crippen molar-refractivity contribution < 1.29 is 18.3 Å².